The molecular weight excluding hydrogens is 326 g/mol. The second-order valence-corrected chi connectivity index (χ2v) is 5.90. The van der Waals surface area contributed by atoms with Crippen molar-refractivity contribution in [2.75, 3.05) is 30.8 Å². The number of nitrogens with one attached hydrogen (secondary N) is 2. The average Bonchev–Trinajstić information content (AvgIpc) is 2.56. The lowest BCUT2D eigenvalue weighted by atomic mass is 10.2. The molecule has 2 aromatic rings. The van der Waals surface area contributed by atoms with Crippen LogP contribution in [0.1, 0.15) is 5.56 Å². The number of hydrogen-bond acceptors (Lipinski definition) is 3. The average molecular weight is 346 g/mol. The maximum absolute atomic E-state index is 12.1. The summed E-state index contributed by atoms with van der Waals surface area (Å²) >= 11 is 6.02. The molecule has 0 atom stereocenters. The molecule has 5 nitrogen and oxygen atoms in total. The summed E-state index contributed by atoms with van der Waals surface area (Å²) in [5, 5.41) is 6.28. The van der Waals surface area contributed by atoms with Gasteiger partial charge in [-0.25, -0.2) is 0 Å². The highest BCUT2D eigenvalue weighted by molar-refractivity contribution is 6.33. The fourth-order valence-electron chi connectivity index (χ4n) is 2.05. The molecule has 0 fully saturated rings. The Morgan fingerprint density at radius 2 is 1.75 bits per heavy atom. The largest absolute Gasteiger partial charge is 0.375 e. The summed E-state index contributed by atoms with van der Waals surface area (Å²) in [6.45, 7) is 2.03. The van der Waals surface area contributed by atoms with Crippen LogP contribution in [0.2, 0.25) is 5.02 Å². The van der Waals surface area contributed by atoms with Crippen LogP contribution in [0, 0.1) is 6.92 Å². The number of aryl methyl sites for hydroxylation is 1. The molecule has 2 rings (SSSR count). The molecule has 2 aromatic carbocycles. The van der Waals surface area contributed by atoms with Crippen LogP contribution < -0.4 is 10.6 Å². The molecule has 126 valence electrons. The van der Waals surface area contributed by atoms with Gasteiger partial charge in [-0.3, -0.25) is 9.59 Å². The van der Waals surface area contributed by atoms with Crippen LogP contribution >= 0.6 is 11.6 Å². The fraction of sp³-hybridized carbons (Fsp3) is 0.222. The molecule has 2 amide bonds. The molecule has 0 spiro atoms. The van der Waals surface area contributed by atoms with Gasteiger partial charge in [0, 0.05) is 12.7 Å². The second-order valence-electron chi connectivity index (χ2n) is 5.50. The predicted octanol–water partition coefficient (Wildman–Crippen LogP) is 3.16. The number of rotatable bonds is 6. The normalized spacial score (nSPS) is 10.1. The fourth-order valence-corrected chi connectivity index (χ4v) is 2.25. The summed E-state index contributed by atoms with van der Waals surface area (Å²) in [6, 6.07) is 14.7. The van der Waals surface area contributed by atoms with Crippen molar-refractivity contribution >= 4 is 34.8 Å². The highest BCUT2D eigenvalue weighted by Gasteiger charge is 2.13. The van der Waals surface area contributed by atoms with E-state index >= 15 is 0 Å². The lowest BCUT2D eigenvalue weighted by molar-refractivity contribution is -0.131. The van der Waals surface area contributed by atoms with Crippen LogP contribution in [0.25, 0.3) is 0 Å². The van der Waals surface area contributed by atoms with Crippen molar-refractivity contribution in [2.45, 2.75) is 6.92 Å². The molecule has 0 bridgehead atoms. The van der Waals surface area contributed by atoms with Gasteiger partial charge < -0.3 is 15.5 Å². The topological polar surface area (TPSA) is 61.4 Å². The minimum Gasteiger partial charge on any atom is -0.375 e. The summed E-state index contributed by atoms with van der Waals surface area (Å²) in [6.07, 6.45) is 0. The van der Waals surface area contributed by atoms with Gasteiger partial charge in [0.1, 0.15) is 0 Å². The van der Waals surface area contributed by atoms with Gasteiger partial charge >= 0.3 is 0 Å². The van der Waals surface area contributed by atoms with E-state index < -0.39 is 0 Å². The number of anilines is 2. The van der Waals surface area contributed by atoms with Gasteiger partial charge in [0.2, 0.25) is 11.8 Å². The first-order valence-electron chi connectivity index (χ1n) is 7.54. The van der Waals surface area contributed by atoms with Crippen molar-refractivity contribution in [3.8, 4) is 0 Å². The number of likely N-dealkylation sites (N-methyl/N-ethyl adjacent to an activating group) is 1. The number of hydrogen-bond donors (Lipinski definition) is 2. The third-order valence-corrected chi connectivity index (χ3v) is 3.78. The third kappa shape index (κ3) is 5.28. The van der Waals surface area contributed by atoms with E-state index in [0.717, 1.165) is 5.56 Å². The van der Waals surface area contributed by atoms with E-state index in [0.29, 0.717) is 16.4 Å². The molecule has 2 N–H and O–H groups in total. The van der Waals surface area contributed by atoms with Gasteiger partial charge in [0.15, 0.2) is 0 Å². The van der Waals surface area contributed by atoms with E-state index in [1.165, 1.54) is 4.90 Å². The monoisotopic (exact) mass is 345 g/mol. The molecule has 0 aromatic heterocycles. The van der Waals surface area contributed by atoms with Gasteiger partial charge in [0.25, 0.3) is 0 Å². The molecule has 0 unspecified atom stereocenters. The number of para-hydroxylation sites is 1. The molecule has 0 heterocycles. The van der Waals surface area contributed by atoms with E-state index in [2.05, 4.69) is 10.6 Å². The minimum absolute atomic E-state index is 0.0170. The number of halogens is 1. The number of carbonyl (C=O) groups excluding carboxylic acids is 2. The van der Waals surface area contributed by atoms with Crippen LogP contribution in [0.15, 0.2) is 48.5 Å². The van der Waals surface area contributed by atoms with E-state index in [-0.39, 0.29) is 24.9 Å². The Balaban J connectivity index is 1.81. The molecule has 0 saturated carbocycles. The van der Waals surface area contributed by atoms with E-state index in [4.69, 9.17) is 11.6 Å². The standard InChI is InChI=1S/C18H20ClN3O2/c1-13-7-9-14(10-8-13)21-17(23)12-22(2)18(24)11-20-16-6-4-3-5-15(16)19/h3-10,20H,11-12H2,1-2H3,(H,21,23). The summed E-state index contributed by atoms with van der Waals surface area (Å²) in [5.74, 6) is -0.443. The molecule has 0 saturated heterocycles. The Morgan fingerprint density at radius 3 is 2.42 bits per heavy atom. The zero-order chi connectivity index (χ0) is 17.5. The minimum atomic E-state index is -0.243. The quantitative estimate of drug-likeness (QED) is 0.845. The zero-order valence-electron chi connectivity index (χ0n) is 13.7. The molecule has 24 heavy (non-hydrogen) atoms. The molecular formula is C18H20ClN3O2. The van der Waals surface area contributed by atoms with Crippen LogP contribution in [-0.2, 0) is 9.59 Å². The van der Waals surface area contributed by atoms with E-state index in [9.17, 15) is 9.59 Å². The van der Waals surface area contributed by atoms with Crippen LogP contribution in [-0.4, -0.2) is 36.9 Å². The molecule has 0 aliphatic heterocycles. The van der Waals surface area contributed by atoms with Crippen molar-refractivity contribution in [1.29, 1.82) is 0 Å². The molecule has 0 aliphatic carbocycles. The highest BCUT2D eigenvalue weighted by Crippen LogP contribution is 2.19. The van der Waals surface area contributed by atoms with Crippen LogP contribution in [0.3, 0.4) is 0 Å². The number of nitrogens with zero attached hydrogens (tertiary/aromatic N) is 1. The van der Waals surface area contributed by atoms with Gasteiger partial charge in [0.05, 0.1) is 23.8 Å². The smallest absolute Gasteiger partial charge is 0.243 e. The summed E-state index contributed by atoms with van der Waals surface area (Å²) in [7, 11) is 1.59. The first-order valence-corrected chi connectivity index (χ1v) is 7.92. The second kappa shape index (κ2) is 8.36. The van der Waals surface area contributed by atoms with Crippen molar-refractivity contribution in [1.82, 2.24) is 4.90 Å². The Kier molecular flexibility index (Phi) is 6.21. The van der Waals surface area contributed by atoms with Crippen molar-refractivity contribution < 1.29 is 9.59 Å². The summed E-state index contributed by atoms with van der Waals surface area (Å²) < 4.78 is 0. The van der Waals surface area contributed by atoms with E-state index in [1.807, 2.05) is 43.3 Å². The molecule has 0 aliphatic rings. The zero-order valence-corrected chi connectivity index (χ0v) is 14.4. The molecule has 6 heteroatoms. The van der Waals surface area contributed by atoms with Crippen molar-refractivity contribution in [3.63, 3.8) is 0 Å². The van der Waals surface area contributed by atoms with Crippen LogP contribution in [0.5, 0.6) is 0 Å². The Morgan fingerprint density at radius 1 is 1.08 bits per heavy atom. The van der Waals surface area contributed by atoms with Gasteiger partial charge in [-0.2, -0.15) is 0 Å². The third-order valence-electron chi connectivity index (χ3n) is 3.45. The first kappa shape index (κ1) is 17.8. The lowest BCUT2D eigenvalue weighted by Gasteiger charge is -2.18. The molecule has 0 radical (unpaired) electrons. The Hall–Kier alpha value is -2.53. The maximum Gasteiger partial charge on any atom is 0.243 e. The van der Waals surface area contributed by atoms with Gasteiger partial charge in [-0.15, -0.1) is 0 Å². The Bertz CT molecular complexity index is 716. The lowest BCUT2D eigenvalue weighted by Crippen LogP contribution is -2.38. The summed E-state index contributed by atoms with van der Waals surface area (Å²) in [4.78, 5) is 25.5. The predicted molar refractivity (Wildman–Crippen MR) is 97.4 cm³/mol. The van der Waals surface area contributed by atoms with Crippen molar-refractivity contribution in [3.05, 3.63) is 59.1 Å². The van der Waals surface area contributed by atoms with Gasteiger partial charge in [-0.1, -0.05) is 41.4 Å². The SMILES string of the molecule is Cc1ccc(NC(=O)CN(C)C(=O)CNc2ccccc2Cl)cc1. The van der Waals surface area contributed by atoms with Gasteiger partial charge in [-0.05, 0) is 31.2 Å². The Labute approximate surface area is 146 Å². The highest BCUT2D eigenvalue weighted by atomic mass is 35.5. The number of benzene rings is 2. The van der Waals surface area contributed by atoms with E-state index in [1.54, 1.807) is 19.2 Å². The summed E-state index contributed by atoms with van der Waals surface area (Å²) in [5.41, 5.74) is 2.51. The number of carbonyl (C=O) groups is 2. The maximum atomic E-state index is 12.1. The number of amides is 2. The first-order chi connectivity index (χ1) is 11.5. The van der Waals surface area contributed by atoms with Crippen molar-refractivity contribution in [2.24, 2.45) is 0 Å². The van der Waals surface area contributed by atoms with Crippen LogP contribution in [0.4, 0.5) is 11.4 Å².